The predicted molar refractivity (Wildman–Crippen MR) is 101 cm³/mol. The number of rotatable bonds is 6. The molecule has 1 aromatic carbocycles. The smallest absolute Gasteiger partial charge is 0.191 e. The van der Waals surface area contributed by atoms with Gasteiger partial charge in [-0.15, -0.1) is 0 Å². The highest BCUT2D eigenvalue weighted by Gasteiger charge is 2.18. The molecule has 2 N–H and O–H groups in total. The second-order valence-electron chi connectivity index (χ2n) is 6.80. The van der Waals surface area contributed by atoms with Crippen molar-refractivity contribution in [2.75, 3.05) is 18.8 Å². The lowest BCUT2D eigenvalue weighted by Crippen LogP contribution is -2.39. The van der Waals surface area contributed by atoms with E-state index in [9.17, 15) is 8.60 Å². The van der Waals surface area contributed by atoms with E-state index < -0.39 is 10.8 Å². The third-order valence-corrected chi connectivity index (χ3v) is 5.54. The van der Waals surface area contributed by atoms with Crippen molar-refractivity contribution in [1.82, 2.24) is 10.6 Å². The van der Waals surface area contributed by atoms with Crippen LogP contribution in [0.4, 0.5) is 4.39 Å². The molecule has 0 aliphatic carbocycles. The maximum Gasteiger partial charge on any atom is 0.191 e. The Kier molecular flexibility index (Phi) is 7.87. The van der Waals surface area contributed by atoms with Gasteiger partial charge in [-0.3, -0.25) is 9.20 Å². The largest absolute Gasteiger partial charge is 0.357 e. The molecule has 0 fully saturated rings. The Labute approximate surface area is 147 Å². The van der Waals surface area contributed by atoms with Gasteiger partial charge in [-0.25, -0.2) is 4.39 Å². The van der Waals surface area contributed by atoms with Gasteiger partial charge in [-0.1, -0.05) is 12.1 Å². The van der Waals surface area contributed by atoms with Crippen LogP contribution in [0.2, 0.25) is 0 Å². The maximum atomic E-state index is 13.7. The maximum absolute atomic E-state index is 13.7. The molecule has 0 saturated carbocycles. The zero-order chi connectivity index (χ0) is 18.3. The first-order valence-corrected chi connectivity index (χ1v) is 9.66. The van der Waals surface area contributed by atoms with E-state index in [4.69, 9.17) is 0 Å². The van der Waals surface area contributed by atoms with Gasteiger partial charge in [0.25, 0.3) is 0 Å². The van der Waals surface area contributed by atoms with E-state index in [-0.39, 0.29) is 16.6 Å². The van der Waals surface area contributed by atoms with E-state index >= 15 is 0 Å². The molecular formula is C18H30FN3OS. The van der Waals surface area contributed by atoms with E-state index in [2.05, 4.69) is 15.6 Å². The monoisotopic (exact) mass is 355 g/mol. The van der Waals surface area contributed by atoms with Gasteiger partial charge >= 0.3 is 0 Å². The van der Waals surface area contributed by atoms with E-state index in [0.717, 1.165) is 12.1 Å². The van der Waals surface area contributed by atoms with Crippen LogP contribution < -0.4 is 10.6 Å². The van der Waals surface area contributed by atoms with Crippen LogP contribution in [0.15, 0.2) is 23.2 Å². The molecule has 0 radical (unpaired) electrons. The Morgan fingerprint density at radius 2 is 2.04 bits per heavy atom. The minimum Gasteiger partial charge on any atom is -0.357 e. The highest BCUT2D eigenvalue weighted by Crippen LogP contribution is 2.16. The topological polar surface area (TPSA) is 53.5 Å². The van der Waals surface area contributed by atoms with Gasteiger partial charge in [0.05, 0.1) is 12.6 Å². The third-order valence-electron chi connectivity index (χ3n) is 3.62. The summed E-state index contributed by atoms with van der Waals surface area (Å²) in [5.74, 6) is 0.966. The fourth-order valence-corrected chi connectivity index (χ4v) is 2.90. The highest BCUT2D eigenvalue weighted by atomic mass is 32.2. The molecule has 0 aliphatic rings. The van der Waals surface area contributed by atoms with E-state index in [1.165, 1.54) is 0 Å². The van der Waals surface area contributed by atoms with Crippen LogP contribution >= 0.6 is 0 Å². The van der Waals surface area contributed by atoms with Crippen LogP contribution in [0.25, 0.3) is 0 Å². The molecule has 0 saturated heterocycles. The zero-order valence-corrected chi connectivity index (χ0v) is 16.4. The normalized spacial score (nSPS) is 15.0. The van der Waals surface area contributed by atoms with Gasteiger partial charge in [0.2, 0.25) is 0 Å². The lowest BCUT2D eigenvalue weighted by Gasteiger charge is -2.19. The van der Waals surface area contributed by atoms with Crippen molar-refractivity contribution in [1.29, 1.82) is 0 Å². The third kappa shape index (κ3) is 6.59. The van der Waals surface area contributed by atoms with Gasteiger partial charge in [0.15, 0.2) is 5.96 Å². The SMILES string of the molecule is CCNC(=NCCS(=O)C(C)(C)C)NC(C)c1ccc(C)c(F)c1. The second kappa shape index (κ2) is 9.16. The van der Waals surface area contributed by atoms with E-state index in [1.807, 2.05) is 40.7 Å². The molecule has 4 nitrogen and oxygen atoms in total. The molecule has 2 atom stereocenters. The summed E-state index contributed by atoms with van der Waals surface area (Å²) >= 11 is 0. The summed E-state index contributed by atoms with van der Waals surface area (Å²) in [5.41, 5.74) is 1.50. The van der Waals surface area contributed by atoms with Crippen molar-refractivity contribution in [2.45, 2.75) is 52.3 Å². The lowest BCUT2D eigenvalue weighted by atomic mass is 10.1. The molecular weight excluding hydrogens is 325 g/mol. The summed E-state index contributed by atoms with van der Waals surface area (Å²) in [6.45, 7) is 12.8. The van der Waals surface area contributed by atoms with Gasteiger partial charge in [-0.05, 0) is 58.7 Å². The first-order valence-electron chi connectivity index (χ1n) is 8.34. The summed E-state index contributed by atoms with van der Waals surface area (Å²) < 4.78 is 25.6. The summed E-state index contributed by atoms with van der Waals surface area (Å²) in [6, 6.07) is 5.16. The van der Waals surface area contributed by atoms with Crippen molar-refractivity contribution < 1.29 is 8.60 Å². The van der Waals surface area contributed by atoms with Crippen molar-refractivity contribution in [3.05, 3.63) is 35.1 Å². The highest BCUT2D eigenvalue weighted by molar-refractivity contribution is 7.86. The molecule has 24 heavy (non-hydrogen) atoms. The van der Waals surface area contributed by atoms with Crippen molar-refractivity contribution in [3.8, 4) is 0 Å². The number of benzene rings is 1. The molecule has 2 unspecified atom stereocenters. The van der Waals surface area contributed by atoms with Crippen LogP contribution in [0.5, 0.6) is 0 Å². The van der Waals surface area contributed by atoms with Crippen LogP contribution in [0.3, 0.4) is 0 Å². The van der Waals surface area contributed by atoms with Crippen molar-refractivity contribution in [2.24, 2.45) is 4.99 Å². The average Bonchev–Trinajstić information content (AvgIpc) is 2.49. The van der Waals surface area contributed by atoms with Gasteiger partial charge in [0.1, 0.15) is 5.82 Å². The van der Waals surface area contributed by atoms with Crippen molar-refractivity contribution in [3.63, 3.8) is 0 Å². The molecule has 0 amide bonds. The van der Waals surface area contributed by atoms with Gasteiger partial charge in [-0.2, -0.15) is 0 Å². The lowest BCUT2D eigenvalue weighted by molar-refractivity contribution is 0.607. The average molecular weight is 356 g/mol. The molecule has 1 aromatic rings. The van der Waals surface area contributed by atoms with E-state index in [1.54, 1.807) is 19.1 Å². The Morgan fingerprint density at radius 3 is 2.58 bits per heavy atom. The first kappa shape index (κ1) is 20.6. The van der Waals surface area contributed by atoms with Crippen LogP contribution in [-0.2, 0) is 10.8 Å². The number of nitrogens with one attached hydrogen (secondary N) is 2. The Hall–Kier alpha value is -1.43. The fourth-order valence-electron chi connectivity index (χ4n) is 2.03. The number of aliphatic imine (C=N–C) groups is 1. The second-order valence-corrected chi connectivity index (χ2v) is 9.12. The molecule has 6 heteroatoms. The Balaban J connectivity index is 2.72. The summed E-state index contributed by atoms with van der Waals surface area (Å²) in [4.78, 5) is 4.48. The number of nitrogens with zero attached hydrogens (tertiary/aromatic N) is 1. The standard InChI is InChI=1S/C18H30FN3OS/c1-7-20-17(21-10-11-24(23)18(4,5)6)22-14(3)15-9-8-13(2)16(19)12-15/h8-9,12,14H,7,10-11H2,1-6H3,(H2,20,21,22). The molecule has 0 aromatic heterocycles. The minimum absolute atomic E-state index is 0.0778. The number of guanidine groups is 1. The predicted octanol–water partition coefficient (Wildman–Crippen LogP) is 3.30. The zero-order valence-electron chi connectivity index (χ0n) is 15.6. The number of halogens is 1. The van der Waals surface area contributed by atoms with Gasteiger partial charge in [0, 0.05) is 27.8 Å². The molecule has 136 valence electrons. The quantitative estimate of drug-likeness (QED) is 0.608. The van der Waals surface area contributed by atoms with Crippen LogP contribution in [0.1, 0.15) is 51.8 Å². The Morgan fingerprint density at radius 1 is 1.38 bits per heavy atom. The molecule has 0 bridgehead atoms. The fraction of sp³-hybridized carbons (Fsp3) is 0.611. The minimum atomic E-state index is -0.924. The molecule has 0 aliphatic heterocycles. The Bertz CT molecular complexity index is 596. The van der Waals surface area contributed by atoms with Crippen molar-refractivity contribution >= 4 is 16.8 Å². The molecule has 1 rings (SSSR count). The van der Waals surface area contributed by atoms with Crippen LogP contribution in [-0.4, -0.2) is 33.8 Å². The number of hydrogen-bond acceptors (Lipinski definition) is 2. The van der Waals surface area contributed by atoms with E-state index in [0.29, 0.717) is 23.8 Å². The summed E-state index contributed by atoms with van der Waals surface area (Å²) in [6.07, 6.45) is 0. The first-order chi connectivity index (χ1) is 11.1. The number of hydrogen-bond donors (Lipinski definition) is 2. The van der Waals surface area contributed by atoms with Gasteiger partial charge < -0.3 is 10.6 Å². The number of aryl methyl sites for hydroxylation is 1. The summed E-state index contributed by atoms with van der Waals surface area (Å²) in [5, 5.41) is 6.43. The molecule has 0 heterocycles. The molecule has 0 spiro atoms. The van der Waals surface area contributed by atoms with Crippen LogP contribution in [0, 0.1) is 12.7 Å². The summed E-state index contributed by atoms with van der Waals surface area (Å²) in [7, 11) is -0.924.